The van der Waals surface area contributed by atoms with Crippen LogP contribution in [0.4, 0.5) is 0 Å². The predicted molar refractivity (Wildman–Crippen MR) is 116 cm³/mol. The van der Waals surface area contributed by atoms with Crippen LogP contribution in [0.2, 0.25) is 0 Å². The fraction of sp³-hybridized carbons (Fsp3) is 0.381. The SMILES string of the molecule is CC(C)CNC(=O)CSc1nc2scc(C3CC3)c2c(=O)n1-c1ccccc1. The summed E-state index contributed by atoms with van der Waals surface area (Å²) < 4.78 is 1.65. The van der Waals surface area contributed by atoms with Gasteiger partial charge in [-0.3, -0.25) is 14.2 Å². The minimum atomic E-state index is -0.0440. The lowest BCUT2D eigenvalue weighted by Gasteiger charge is -2.13. The third kappa shape index (κ3) is 4.00. The standard InChI is InChI=1S/C21H23N3O2S2/c1-13(2)10-22-17(25)12-28-21-23-19-18(16(11-27-19)14-8-9-14)20(26)24(21)15-6-4-3-5-7-15/h3-7,11,13-14H,8-10,12H2,1-2H3,(H,22,25). The summed E-state index contributed by atoms with van der Waals surface area (Å²) in [6, 6.07) is 9.55. The van der Waals surface area contributed by atoms with Crippen LogP contribution in [0.5, 0.6) is 0 Å². The fourth-order valence-corrected chi connectivity index (χ4v) is 4.99. The molecule has 7 heteroatoms. The number of aromatic nitrogens is 2. The normalized spacial score (nSPS) is 14.0. The van der Waals surface area contributed by atoms with E-state index < -0.39 is 0 Å². The summed E-state index contributed by atoms with van der Waals surface area (Å²) in [7, 11) is 0. The summed E-state index contributed by atoms with van der Waals surface area (Å²) in [5.41, 5.74) is 1.87. The third-order valence-corrected chi connectivity index (χ3v) is 6.51. The quantitative estimate of drug-likeness (QED) is 0.466. The lowest BCUT2D eigenvalue weighted by atomic mass is 10.1. The van der Waals surface area contributed by atoms with Gasteiger partial charge in [0.25, 0.3) is 5.56 Å². The molecule has 1 saturated carbocycles. The van der Waals surface area contributed by atoms with Crippen molar-refractivity contribution in [2.75, 3.05) is 12.3 Å². The van der Waals surface area contributed by atoms with Gasteiger partial charge >= 0.3 is 0 Å². The number of nitrogens with one attached hydrogen (secondary N) is 1. The zero-order chi connectivity index (χ0) is 19.7. The first-order valence-corrected chi connectivity index (χ1v) is 11.4. The molecule has 0 atom stereocenters. The van der Waals surface area contributed by atoms with Crippen molar-refractivity contribution >= 4 is 39.2 Å². The Bertz CT molecular complexity index is 1050. The van der Waals surface area contributed by atoms with Crippen LogP contribution in [0, 0.1) is 5.92 Å². The van der Waals surface area contributed by atoms with Crippen molar-refractivity contribution in [3.05, 3.63) is 51.6 Å². The molecular formula is C21H23N3O2S2. The summed E-state index contributed by atoms with van der Waals surface area (Å²) >= 11 is 2.84. The Labute approximate surface area is 172 Å². The van der Waals surface area contributed by atoms with Gasteiger partial charge in [-0.2, -0.15) is 0 Å². The van der Waals surface area contributed by atoms with E-state index in [2.05, 4.69) is 24.5 Å². The van der Waals surface area contributed by atoms with Crippen molar-refractivity contribution in [2.45, 2.75) is 37.8 Å². The van der Waals surface area contributed by atoms with E-state index in [0.29, 0.717) is 23.5 Å². The minimum Gasteiger partial charge on any atom is -0.355 e. The number of carbonyl (C=O) groups excluding carboxylic acids is 1. The molecule has 0 aliphatic heterocycles. The van der Waals surface area contributed by atoms with E-state index in [9.17, 15) is 9.59 Å². The second-order valence-electron chi connectivity index (χ2n) is 7.50. The summed E-state index contributed by atoms with van der Waals surface area (Å²) in [5.74, 6) is 1.08. The summed E-state index contributed by atoms with van der Waals surface area (Å²) in [6.45, 7) is 4.77. The zero-order valence-corrected chi connectivity index (χ0v) is 17.6. The van der Waals surface area contributed by atoms with Gasteiger partial charge in [0.2, 0.25) is 5.91 Å². The summed E-state index contributed by atoms with van der Waals surface area (Å²) in [4.78, 5) is 31.2. The molecule has 0 spiro atoms. The van der Waals surface area contributed by atoms with Gasteiger partial charge in [-0.05, 0) is 47.8 Å². The van der Waals surface area contributed by atoms with Gasteiger partial charge in [-0.25, -0.2) is 4.98 Å². The first-order chi connectivity index (χ1) is 13.5. The Morgan fingerprint density at radius 2 is 2.07 bits per heavy atom. The van der Waals surface area contributed by atoms with Crippen LogP contribution in [0.15, 0.2) is 45.7 Å². The molecule has 1 aliphatic carbocycles. The number of rotatable bonds is 7. The van der Waals surface area contributed by atoms with Crippen LogP contribution in [0.1, 0.15) is 38.2 Å². The molecule has 1 N–H and O–H groups in total. The number of thioether (sulfide) groups is 1. The Morgan fingerprint density at radius 3 is 2.75 bits per heavy atom. The highest BCUT2D eigenvalue weighted by molar-refractivity contribution is 7.99. The Balaban J connectivity index is 1.72. The molecule has 146 valence electrons. The fourth-order valence-electron chi connectivity index (χ4n) is 3.09. The number of nitrogens with zero attached hydrogens (tertiary/aromatic N) is 2. The van der Waals surface area contributed by atoms with E-state index >= 15 is 0 Å². The molecule has 2 aromatic heterocycles. The zero-order valence-electron chi connectivity index (χ0n) is 16.0. The van der Waals surface area contributed by atoms with E-state index in [0.717, 1.165) is 34.3 Å². The number of hydrogen-bond acceptors (Lipinski definition) is 5. The number of amides is 1. The van der Waals surface area contributed by atoms with Crippen LogP contribution in [-0.2, 0) is 4.79 Å². The molecule has 0 radical (unpaired) electrons. The van der Waals surface area contributed by atoms with Crippen molar-refractivity contribution < 1.29 is 4.79 Å². The van der Waals surface area contributed by atoms with Crippen LogP contribution < -0.4 is 10.9 Å². The number of para-hydroxylation sites is 1. The number of fused-ring (bicyclic) bond motifs is 1. The number of hydrogen-bond donors (Lipinski definition) is 1. The molecule has 4 rings (SSSR count). The Kier molecular flexibility index (Phi) is 5.55. The van der Waals surface area contributed by atoms with E-state index in [1.54, 1.807) is 4.57 Å². The lowest BCUT2D eigenvalue weighted by molar-refractivity contribution is -0.118. The second-order valence-corrected chi connectivity index (χ2v) is 9.30. The van der Waals surface area contributed by atoms with Crippen LogP contribution in [-0.4, -0.2) is 27.8 Å². The van der Waals surface area contributed by atoms with Gasteiger partial charge < -0.3 is 5.32 Å². The highest BCUT2D eigenvalue weighted by atomic mass is 32.2. The van der Waals surface area contributed by atoms with E-state index in [4.69, 9.17) is 4.98 Å². The van der Waals surface area contributed by atoms with E-state index in [1.165, 1.54) is 23.1 Å². The molecule has 3 aromatic rings. The van der Waals surface area contributed by atoms with Gasteiger partial charge in [-0.1, -0.05) is 43.8 Å². The second kappa shape index (κ2) is 8.09. The van der Waals surface area contributed by atoms with Crippen molar-refractivity contribution in [1.82, 2.24) is 14.9 Å². The van der Waals surface area contributed by atoms with E-state index in [1.807, 2.05) is 30.3 Å². The number of carbonyl (C=O) groups is 1. The first-order valence-electron chi connectivity index (χ1n) is 9.53. The average Bonchev–Trinajstić information content (AvgIpc) is 3.44. The molecule has 5 nitrogen and oxygen atoms in total. The molecule has 28 heavy (non-hydrogen) atoms. The smallest absolute Gasteiger partial charge is 0.267 e. The van der Waals surface area contributed by atoms with E-state index in [-0.39, 0.29) is 17.2 Å². The molecule has 0 unspecified atom stereocenters. The maximum absolute atomic E-state index is 13.4. The molecule has 0 bridgehead atoms. The van der Waals surface area contributed by atoms with Crippen molar-refractivity contribution in [2.24, 2.45) is 5.92 Å². The van der Waals surface area contributed by atoms with Gasteiger partial charge in [0.05, 0.1) is 16.8 Å². The summed E-state index contributed by atoms with van der Waals surface area (Å²) in [6.07, 6.45) is 2.28. The number of thiophene rings is 1. The largest absolute Gasteiger partial charge is 0.355 e. The predicted octanol–water partition coefficient (Wildman–Crippen LogP) is 4.19. The van der Waals surface area contributed by atoms with Crippen LogP contribution in [0.25, 0.3) is 15.9 Å². The van der Waals surface area contributed by atoms with Crippen molar-refractivity contribution in [1.29, 1.82) is 0 Å². The van der Waals surface area contributed by atoms with Crippen molar-refractivity contribution in [3.63, 3.8) is 0 Å². The average molecular weight is 414 g/mol. The third-order valence-electron chi connectivity index (χ3n) is 4.68. The van der Waals surface area contributed by atoms with Gasteiger partial charge in [0.1, 0.15) is 4.83 Å². The van der Waals surface area contributed by atoms with Gasteiger partial charge in [-0.15, -0.1) is 11.3 Å². The summed E-state index contributed by atoms with van der Waals surface area (Å²) in [5, 5.41) is 6.30. The highest BCUT2D eigenvalue weighted by Gasteiger charge is 2.29. The monoisotopic (exact) mass is 413 g/mol. The highest BCUT2D eigenvalue weighted by Crippen LogP contribution is 2.44. The van der Waals surface area contributed by atoms with Gasteiger partial charge in [0, 0.05) is 6.54 Å². The Morgan fingerprint density at radius 1 is 1.32 bits per heavy atom. The molecule has 1 aromatic carbocycles. The molecule has 2 heterocycles. The first kappa shape index (κ1) is 19.2. The molecule has 1 amide bonds. The molecule has 1 aliphatic rings. The van der Waals surface area contributed by atoms with Crippen LogP contribution >= 0.6 is 23.1 Å². The van der Waals surface area contributed by atoms with Gasteiger partial charge in [0.15, 0.2) is 5.16 Å². The Hall–Kier alpha value is -2.12. The molecule has 0 saturated heterocycles. The van der Waals surface area contributed by atoms with Crippen LogP contribution in [0.3, 0.4) is 0 Å². The minimum absolute atomic E-state index is 0.0376. The maximum atomic E-state index is 13.4. The molecular weight excluding hydrogens is 390 g/mol. The molecule has 1 fully saturated rings. The lowest BCUT2D eigenvalue weighted by Crippen LogP contribution is -2.29. The maximum Gasteiger partial charge on any atom is 0.267 e. The topological polar surface area (TPSA) is 64.0 Å². The number of benzene rings is 1. The van der Waals surface area contributed by atoms with Crippen molar-refractivity contribution in [3.8, 4) is 5.69 Å².